The molecular formula is C22H26N8O2. The van der Waals surface area contributed by atoms with Crippen molar-refractivity contribution in [2.75, 3.05) is 32.6 Å². The fourth-order valence-corrected chi connectivity index (χ4v) is 4.03. The molecule has 0 radical (unpaired) electrons. The second-order valence-electron chi connectivity index (χ2n) is 8.04. The zero-order valence-corrected chi connectivity index (χ0v) is 18.4. The molecule has 10 heteroatoms. The van der Waals surface area contributed by atoms with E-state index in [0.29, 0.717) is 18.2 Å². The van der Waals surface area contributed by atoms with E-state index in [4.69, 9.17) is 9.47 Å². The molecule has 1 N–H and O–H groups in total. The molecule has 0 aromatic carbocycles. The van der Waals surface area contributed by atoms with Gasteiger partial charge < -0.3 is 19.7 Å². The molecule has 5 rings (SSSR count). The minimum absolute atomic E-state index is 0.188. The number of aryl methyl sites for hydroxylation is 1. The molecule has 10 nitrogen and oxygen atoms in total. The summed E-state index contributed by atoms with van der Waals surface area (Å²) in [5.74, 6) is 2.17. The number of rotatable bonds is 7. The first-order valence-corrected chi connectivity index (χ1v) is 10.5. The van der Waals surface area contributed by atoms with Crippen LogP contribution in [0.25, 0.3) is 16.8 Å². The van der Waals surface area contributed by atoms with Crippen LogP contribution in [0.15, 0.2) is 43.0 Å². The van der Waals surface area contributed by atoms with Crippen molar-refractivity contribution in [3.63, 3.8) is 0 Å². The zero-order valence-electron chi connectivity index (χ0n) is 18.4. The van der Waals surface area contributed by atoms with Gasteiger partial charge in [0.05, 0.1) is 24.0 Å². The van der Waals surface area contributed by atoms with Crippen molar-refractivity contribution in [1.82, 2.24) is 34.3 Å². The number of likely N-dealkylation sites (tertiary alicyclic amines) is 1. The summed E-state index contributed by atoms with van der Waals surface area (Å²) >= 11 is 0. The summed E-state index contributed by atoms with van der Waals surface area (Å²) in [7, 11) is 5.69. The number of hydrogen-bond acceptors (Lipinski definition) is 8. The van der Waals surface area contributed by atoms with Crippen molar-refractivity contribution in [2.24, 2.45) is 7.05 Å². The molecule has 0 bridgehead atoms. The lowest BCUT2D eigenvalue weighted by atomic mass is 10.1. The molecule has 1 aliphatic heterocycles. The summed E-state index contributed by atoms with van der Waals surface area (Å²) in [6.07, 6.45) is 6.46. The second-order valence-corrected chi connectivity index (χ2v) is 8.04. The van der Waals surface area contributed by atoms with Gasteiger partial charge in [-0.05, 0) is 25.6 Å². The lowest BCUT2D eigenvalue weighted by Crippen LogP contribution is -2.21. The van der Waals surface area contributed by atoms with E-state index in [-0.39, 0.29) is 6.10 Å². The normalized spacial score (nSPS) is 16.7. The fourth-order valence-electron chi connectivity index (χ4n) is 4.03. The number of hydrogen-bond donors (Lipinski definition) is 1. The van der Waals surface area contributed by atoms with E-state index in [9.17, 15) is 0 Å². The lowest BCUT2D eigenvalue weighted by molar-refractivity contribution is 0.181. The van der Waals surface area contributed by atoms with E-state index in [0.717, 1.165) is 47.7 Å². The van der Waals surface area contributed by atoms with Crippen LogP contribution in [0.3, 0.4) is 0 Å². The molecule has 1 saturated heterocycles. The summed E-state index contributed by atoms with van der Waals surface area (Å²) in [6.45, 7) is 2.41. The second kappa shape index (κ2) is 8.56. The number of fused-ring (bicyclic) bond motifs is 1. The quantitative estimate of drug-likeness (QED) is 0.474. The van der Waals surface area contributed by atoms with E-state index in [1.54, 1.807) is 13.3 Å². The molecule has 1 aliphatic rings. The fraction of sp³-hybridized carbons (Fsp3) is 0.364. The van der Waals surface area contributed by atoms with Gasteiger partial charge in [0.2, 0.25) is 0 Å². The smallest absolute Gasteiger partial charge is 0.165 e. The Morgan fingerprint density at radius 1 is 1.16 bits per heavy atom. The molecule has 0 aliphatic carbocycles. The van der Waals surface area contributed by atoms with Crippen LogP contribution in [0.4, 0.5) is 11.6 Å². The Balaban J connectivity index is 1.40. The summed E-state index contributed by atoms with van der Waals surface area (Å²) in [5, 5.41) is 12.3. The van der Waals surface area contributed by atoms with Gasteiger partial charge in [-0.15, -0.1) is 0 Å². The van der Waals surface area contributed by atoms with E-state index >= 15 is 0 Å². The average molecular weight is 435 g/mol. The van der Waals surface area contributed by atoms with Crippen LogP contribution in [0.1, 0.15) is 12.1 Å². The van der Waals surface area contributed by atoms with Gasteiger partial charge in [0.1, 0.15) is 23.9 Å². The van der Waals surface area contributed by atoms with Gasteiger partial charge in [0, 0.05) is 51.1 Å². The number of anilines is 2. The molecule has 4 aromatic rings. The molecule has 5 heterocycles. The molecule has 32 heavy (non-hydrogen) atoms. The van der Waals surface area contributed by atoms with Crippen LogP contribution in [-0.4, -0.2) is 67.6 Å². The van der Waals surface area contributed by atoms with Crippen LogP contribution in [0, 0.1) is 0 Å². The first kappa shape index (κ1) is 20.4. The third-order valence-corrected chi connectivity index (χ3v) is 5.56. The van der Waals surface area contributed by atoms with E-state index in [2.05, 4.69) is 43.5 Å². The van der Waals surface area contributed by atoms with E-state index < -0.39 is 0 Å². The summed E-state index contributed by atoms with van der Waals surface area (Å²) in [4.78, 5) is 10.7. The monoisotopic (exact) mass is 434 g/mol. The molecule has 0 saturated carbocycles. The summed E-state index contributed by atoms with van der Waals surface area (Å²) in [5.41, 5.74) is 3.73. The Morgan fingerprint density at radius 3 is 2.88 bits per heavy atom. The van der Waals surface area contributed by atoms with Gasteiger partial charge in [-0.1, -0.05) is 0 Å². The number of likely N-dealkylation sites (N-methyl/N-ethyl adjacent to an activating group) is 1. The summed E-state index contributed by atoms with van der Waals surface area (Å²) < 4.78 is 15.1. The highest BCUT2D eigenvalue weighted by Gasteiger charge is 2.23. The van der Waals surface area contributed by atoms with Crippen LogP contribution in [0.5, 0.6) is 5.75 Å². The number of ether oxygens (including phenoxy) is 2. The maximum atomic E-state index is 6.30. The first-order chi connectivity index (χ1) is 15.6. The topological polar surface area (TPSA) is 94.6 Å². The Hall–Kier alpha value is -3.50. The highest BCUT2D eigenvalue weighted by atomic mass is 16.5. The molecular weight excluding hydrogens is 408 g/mol. The number of aromatic nitrogens is 6. The average Bonchev–Trinajstić information content (AvgIpc) is 3.46. The van der Waals surface area contributed by atoms with Crippen molar-refractivity contribution >= 4 is 17.2 Å². The predicted octanol–water partition coefficient (Wildman–Crippen LogP) is 2.50. The number of methoxy groups -OCH3 is 1. The van der Waals surface area contributed by atoms with E-state index in [1.165, 1.54) is 6.33 Å². The Bertz CT molecular complexity index is 1230. The first-order valence-electron chi connectivity index (χ1n) is 10.5. The molecule has 4 aromatic heterocycles. The van der Waals surface area contributed by atoms with Crippen molar-refractivity contribution in [3.05, 3.63) is 48.7 Å². The van der Waals surface area contributed by atoms with Crippen molar-refractivity contribution in [3.8, 4) is 17.0 Å². The maximum Gasteiger partial charge on any atom is 0.165 e. The van der Waals surface area contributed by atoms with Crippen LogP contribution < -0.4 is 10.1 Å². The van der Waals surface area contributed by atoms with Gasteiger partial charge in [-0.3, -0.25) is 4.68 Å². The minimum Gasteiger partial charge on any atom is -0.485 e. The van der Waals surface area contributed by atoms with Crippen LogP contribution in [-0.2, 0) is 18.4 Å². The van der Waals surface area contributed by atoms with Crippen molar-refractivity contribution in [2.45, 2.75) is 19.1 Å². The number of nitrogens with one attached hydrogen (secondary N) is 1. The molecule has 0 unspecified atom stereocenters. The largest absolute Gasteiger partial charge is 0.485 e. The third kappa shape index (κ3) is 4.14. The van der Waals surface area contributed by atoms with Crippen LogP contribution >= 0.6 is 0 Å². The highest BCUT2D eigenvalue weighted by Crippen LogP contribution is 2.32. The standard InChI is InChI=1S/C22H26N8O2/c1-28-6-5-18(12-28)32-19-11-25-29(2)22(19)15-4-7-30-17(8-15)10-21(27-30)26-20-9-16(13-31-3)23-14-24-20/h4,7-11,14,18H,5-6,12-13H2,1-3H3,(H,23,24,26,27)/t18-/m0/s1. The molecule has 1 fully saturated rings. The molecule has 166 valence electrons. The highest BCUT2D eigenvalue weighted by molar-refractivity contribution is 5.72. The Kier molecular flexibility index (Phi) is 5.46. The Labute approximate surface area is 185 Å². The van der Waals surface area contributed by atoms with Gasteiger partial charge >= 0.3 is 0 Å². The van der Waals surface area contributed by atoms with Gasteiger partial charge in [0.15, 0.2) is 11.6 Å². The number of nitrogens with zero attached hydrogens (tertiary/aromatic N) is 7. The molecule has 1 atom stereocenters. The lowest BCUT2D eigenvalue weighted by Gasteiger charge is -2.14. The zero-order chi connectivity index (χ0) is 22.1. The molecule has 0 amide bonds. The predicted molar refractivity (Wildman–Crippen MR) is 120 cm³/mol. The summed E-state index contributed by atoms with van der Waals surface area (Å²) in [6, 6.07) is 7.93. The SMILES string of the molecule is COCc1cc(Nc2cc3cc(-c4c(O[C@H]5CCN(C)C5)cnn4C)ccn3n2)ncn1. The van der Waals surface area contributed by atoms with Crippen LogP contribution in [0.2, 0.25) is 0 Å². The maximum absolute atomic E-state index is 6.30. The van der Waals surface area contributed by atoms with Crippen molar-refractivity contribution in [1.29, 1.82) is 0 Å². The van der Waals surface area contributed by atoms with E-state index in [1.807, 2.05) is 40.6 Å². The van der Waals surface area contributed by atoms with Gasteiger partial charge in [-0.2, -0.15) is 10.2 Å². The molecule has 0 spiro atoms. The van der Waals surface area contributed by atoms with Gasteiger partial charge in [-0.25, -0.2) is 14.5 Å². The number of pyridine rings is 1. The van der Waals surface area contributed by atoms with Gasteiger partial charge in [0.25, 0.3) is 0 Å². The minimum atomic E-state index is 0.188. The Morgan fingerprint density at radius 2 is 2.06 bits per heavy atom. The van der Waals surface area contributed by atoms with Crippen molar-refractivity contribution < 1.29 is 9.47 Å². The third-order valence-electron chi connectivity index (χ3n) is 5.56.